The van der Waals surface area contributed by atoms with E-state index in [9.17, 15) is 14.9 Å². The lowest BCUT2D eigenvalue weighted by Crippen LogP contribution is -2.41. The van der Waals surface area contributed by atoms with E-state index in [1.165, 1.54) is 6.07 Å². The van der Waals surface area contributed by atoms with Crippen molar-refractivity contribution in [3.05, 3.63) is 68.2 Å². The van der Waals surface area contributed by atoms with Crippen LogP contribution in [0.3, 0.4) is 0 Å². The van der Waals surface area contributed by atoms with Crippen LogP contribution >= 0.6 is 23.2 Å². The highest BCUT2D eigenvalue weighted by molar-refractivity contribution is 6.42. The number of nitrogens with zero attached hydrogens (tertiary/aromatic N) is 2. The van der Waals surface area contributed by atoms with Crippen LogP contribution in [0.1, 0.15) is 31.4 Å². The number of piperidine rings is 1. The fourth-order valence-corrected chi connectivity index (χ4v) is 3.77. The lowest BCUT2D eigenvalue weighted by atomic mass is 9.94. The van der Waals surface area contributed by atoms with Crippen LogP contribution in [0.15, 0.2) is 42.5 Å². The number of carbonyl (C=O) groups is 1. The lowest BCUT2D eigenvalue weighted by Gasteiger charge is -2.33. The summed E-state index contributed by atoms with van der Waals surface area (Å²) in [6, 6.07) is 11.8. The van der Waals surface area contributed by atoms with E-state index in [1.54, 1.807) is 30.3 Å². The van der Waals surface area contributed by atoms with Gasteiger partial charge in [0.1, 0.15) is 5.69 Å². The van der Waals surface area contributed by atoms with Gasteiger partial charge < -0.3 is 10.2 Å². The number of halogens is 2. The van der Waals surface area contributed by atoms with Gasteiger partial charge >= 0.3 is 0 Å². The minimum Gasteiger partial charge on any atom is -0.366 e. The molecule has 2 aromatic carbocycles. The van der Waals surface area contributed by atoms with E-state index in [0.29, 0.717) is 41.7 Å². The summed E-state index contributed by atoms with van der Waals surface area (Å²) in [5.74, 6) is -0.134. The van der Waals surface area contributed by atoms with Gasteiger partial charge in [-0.05, 0) is 43.5 Å². The van der Waals surface area contributed by atoms with Gasteiger partial charge in [-0.2, -0.15) is 0 Å². The van der Waals surface area contributed by atoms with Crippen molar-refractivity contribution in [2.24, 2.45) is 5.92 Å². The molecule has 1 saturated heterocycles. The summed E-state index contributed by atoms with van der Waals surface area (Å²) in [5, 5.41) is 15.2. The first kappa shape index (κ1) is 20.4. The minimum absolute atomic E-state index is 0.0132. The number of nitro groups is 1. The molecule has 0 saturated carbocycles. The molecular formula is C20H21Cl2N3O3. The van der Waals surface area contributed by atoms with Crippen LogP contribution in [-0.4, -0.2) is 23.9 Å². The minimum atomic E-state index is -0.368. The van der Waals surface area contributed by atoms with Crippen molar-refractivity contribution < 1.29 is 9.72 Å². The van der Waals surface area contributed by atoms with Gasteiger partial charge in [0.25, 0.3) is 5.69 Å². The molecule has 3 rings (SSSR count). The molecule has 0 spiro atoms. The molecule has 0 radical (unpaired) electrons. The predicted molar refractivity (Wildman–Crippen MR) is 111 cm³/mol. The zero-order valence-corrected chi connectivity index (χ0v) is 16.9. The van der Waals surface area contributed by atoms with Crippen LogP contribution in [0.4, 0.5) is 11.4 Å². The summed E-state index contributed by atoms with van der Waals surface area (Å²) in [6.07, 6.45) is 1.29. The van der Waals surface area contributed by atoms with E-state index in [0.717, 1.165) is 5.56 Å². The average molecular weight is 422 g/mol. The highest BCUT2D eigenvalue weighted by Crippen LogP contribution is 2.31. The summed E-state index contributed by atoms with van der Waals surface area (Å²) < 4.78 is 0. The fraction of sp³-hybridized carbons (Fsp3) is 0.350. The quantitative estimate of drug-likeness (QED) is 0.544. The first-order valence-electron chi connectivity index (χ1n) is 9.10. The lowest BCUT2D eigenvalue weighted by molar-refractivity contribution is -0.384. The second-order valence-electron chi connectivity index (χ2n) is 6.91. The van der Waals surface area contributed by atoms with Crippen molar-refractivity contribution in [2.45, 2.75) is 25.8 Å². The Morgan fingerprint density at radius 1 is 1.18 bits per heavy atom. The first-order valence-corrected chi connectivity index (χ1v) is 9.86. The van der Waals surface area contributed by atoms with Gasteiger partial charge in [0.15, 0.2) is 0 Å². The van der Waals surface area contributed by atoms with E-state index in [1.807, 2.05) is 17.9 Å². The standard InChI is InChI=1S/C20H21Cl2N3O3/c1-13(15-6-7-16(21)17(22)12-15)23-20(26)14-8-10-24(11-9-14)18-4-2-3-5-19(18)25(27)28/h2-7,12-14H,8-11H2,1H3,(H,23,26). The van der Waals surface area contributed by atoms with Crippen LogP contribution in [0.5, 0.6) is 0 Å². The Hall–Kier alpha value is -2.31. The van der Waals surface area contributed by atoms with Crippen LogP contribution in [0, 0.1) is 16.0 Å². The third-order valence-electron chi connectivity index (χ3n) is 5.09. The number of hydrogen-bond acceptors (Lipinski definition) is 4. The zero-order valence-electron chi connectivity index (χ0n) is 15.4. The van der Waals surface area contributed by atoms with E-state index in [4.69, 9.17) is 23.2 Å². The third-order valence-corrected chi connectivity index (χ3v) is 5.83. The van der Waals surface area contributed by atoms with Crippen LogP contribution in [0.2, 0.25) is 10.0 Å². The second-order valence-corrected chi connectivity index (χ2v) is 7.73. The Morgan fingerprint density at radius 3 is 2.50 bits per heavy atom. The van der Waals surface area contributed by atoms with E-state index < -0.39 is 0 Å². The van der Waals surface area contributed by atoms with Gasteiger partial charge in [-0.15, -0.1) is 0 Å². The maximum atomic E-state index is 12.7. The summed E-state index contributed by atoms with van der Waals surface area (Å²) in [7, 11) is 0. The van der Waals surface area contributed by atoms with Crippen molar-refractivity contribution in [2.75, 3.05) is 18.0 Å². The van der Waals surface area contributed by atoms with E-state index >= 15 is 0 Å². The molecule has 1 unspecified atom stereocenters. The SMILES string of the molecule is CC(NC(=O)C1CCN(c2ccccc2[N+](=O)[O-])CC1)c1ccc(Cl)c(Cl)c1. The number of amides is 1. The molecule has 1 heterocycles. The Kier molecular flexibility index (Phi) is 6.42. The molecule has 0 bridgehead atoms. The first-order chi connectivity index (χ1) is 13.4. The molecule has 2 aromatic rings. The van der Waals surface area contributed by atoms with Crippen molar-refractivity contribution in [1.29, 1.82) is 0 Å². The monoisotopic (exact) mass is 421 g/mol. The number of hydrogen-bond donors (Lipinski definition) is 1. The smallest absolute Gasteiger partial charge is 0.292 e. The predicted octanol–water partition coefficient (Wildman–Crippen LogP) is 5.00. The average Bonchev–Trinajstić information content (AvgIpc) is 2.70. The molecule has 0 aromatic heterocycles. The highest BCUT2D eigenvalue weighted by Gasteiger charge is 2.28. The fourth-order valence-electron chi connectivity index (χ4n) is 3.46. The molecule has 1 atom stereocenters. The van der Waals surface area contributed by atoms with Crippen molar-refractivity contribution in [3.63, 3.8) is 0 Å². The molecule has 1 amide bonds. The van der Waals surface area contributed by atoms with Crippen molar-refractivity contribution in [3.8, 4) is 0 Å². The molecular weight excluding hydrogens is 401 g/mol. The van der Waals surface area contributed by atoms with Gasteiger partial charge in [-0.3, -0.25) is 14.9 Å². The Morgan fingerprint density at radius 2 is 1.86 bits per heavy atom. The molecule has 6 nitrogen and oxygen atoms in total. The zero-order chi connectivity index (χ0) is 20.3. The molecule has 0 aliphatic carbocycles. The number of nitrogens with one attached hydrogen (secondary N) is 1. The molecule has 1 N–H and O–H groups in total. The number of anilines is 1. The van der Waals surface area contributed by atoms with Crippen molar-refractivity contribution in [1.82, 2.24) is 5.32 Å². The van der Waals surface area contributed by atoms with Crippen molar-refractivity contribution >= 4 is 40.5 Å². The van der Waals surface area contributed by atoms with Gasteiger partial charge in [0.2, 0.25) is 5.91 Å². The molecule has 8 heteroatoms. The van der Waals surface area contributed by atoms with E-state index in [-0.39, 0.29) is 28.5 Å². The molecule has 1 aliphatic heterocycles. The maximum Gasteiger partial charge on any atom is 0.292 e. The summed E-state index contributed by atoms with van der Waals surface area (Å²) in [5.41, 5.74) is 1.59. The Balaban J connectivity index is 1.59. The van der Waals surface area contributed by atoms with Gasteiger partial charge in [-0.1, -0.05) is 41.4 Å². The third kappa shape index (κ3) is 4.56. The topological polar surface area (TPSA) is 75.5 Å². The van der Waals surface area contributed by atoms with Crippen LogP contribution < -0.4 is 10.2 Å². The number of benzene rings is 2. The summed E-state index contributed by atoms with van der Waals surface area (Å²) in [6.45, 7) is 3.11. The summed E-state index contributed by atoms with van der Waals surface area (Å²) >= 11 is 12.0. The van der Waals surface area contributed by atoms with Gasteiger partial charge in [0.05, 0.1) is 21.0 Å². The molecule has 1 aliphatic rings. The highest BCUT2D eigenvalue weighted by atomic mass is 35.5. The molecule has 28 heavy (non-hydrogen) atoms. The molecule has 148 valence electrons. The second kappa shape index (κ2) is 8.80. The number of nitro benzene ring substituents is 1. The van der Waals surface area contributed by atoms with Gasteiger partial charge in [-0.25, -0.2) is 0 Å². The largest absolute Gasteiger partial charge is 0.366 e. The van der Waals surface area contributed by atoms with E-state index in [2.05, 4.69) is 5.32 Å². The Labute approximate surface area is 173 Å². The number of rotatable bonds is 5. The van der Waals surface area contributed by atoms with Crippen LogP contribution in [0.25, 0.3) is 0 Å². The Bertz CT molecular complexity index is 883. The summed E-state index contributed by atoms with van der Waals surface area (Å²) in [4.78, 5) is 25.5. The number of carbonyl (C=O) groups excluding carboxylic acids is 1. The maximum absolute atomic E-state index is 12.7. The molecule has 1 fully saturated rings. The normalized spacial score (nSPS) is 15.9. The van der Waals surface area contributed by atoms with Gasteiger partial charge in [0, 0.05) is 25.1 Å². The van der Waals surface area contributed by atoms with Crippen LogP contribution in [-0.2, 0) is 4.79 Å². The number of para-hydroxylation sites is 2.